The SMILES string of the molecule is CC(C)CNCc1cccc(COc2cncc(Br)c2)n1. The summed E-state index contributed by atoms with van der Waals surface area (Å²) in [6.45, 7) is 6.60. The minimum Gasteiger partial charge on any atom is -0.486 e. The number of aromatic nitrogens is 2. The molecule has 2 heterocycles. The van der Waals surface area contributed by atoms with Gasteiger partial charge in [0.15, 0.2) is 0 Å². The van der Waals surface area contributed by atoms with E-state index in [0.717, 1.165) is 34.7 Å². The van der Waals surface area contributed by atoms with Crippen LogP contribution in [0.2, 0.25) is 0 Å². The van der Waals surface area contributed by atoms with E-state index in [-0.39, 0.29) is 0 Å². The van der Waals surface area contributed by atoms with Crippen molar-refractivity contribution in [1.29, 1.82) is 0 Å². The summed E-state index contributed by atoms with van der Waals surface area (Å²) in [5.41, 5.74) is 1.95. The summed E-state index contributed by atoms with van der Waals surface area (Å²) in [7, 11) is 0. The number of hydrogen-bond acceptors (Lipinski definition) is 4. The van der Waals surface area contributed by atoms with Gasteiger partial charge in [-0.15, -0.1) is 0 Å². The molecule has 0 aliphatic rings. The molecule has 0 bridgehead atoms. The number of nitrogens with zero attached hydrogens (tertiary/aromatic N) is 2. The molecule has 0 spiro atoms. The standard InChI is InChI=1S/C16H20BrN3O/c1-12(2)7-18-9-14-4-3-5-15(20-14)11-21-16-6-13(17)8-19-10-16/h3-6,8,10,12,18H,7,9,11H2,1-2H3. The van der Waals surface area contributed by atoms with E-state index in [2.05, 4.69) is 45.1 Å². The lowest BCUT2D eigenvalue weighted by molar-refractivity contribution is 0.299. The molecule has 0 amide bonds. The number of halogens is 1. The van der Waals surface area contributed by atoms with Gasteiger partial charge in [0.2, 0.25) is 0 Å². The van der Waals surface area contributed by atoms with Crippen LogP contribution in [0.3, 0.4) is 0 Å². The van der Waals surface area contributed by atoms with Gasteiger partial charge in [-0.2, -0.15) is 0 Å². The van der Waals surface area contributed by atoms with Crippen molar-refractivity contribution in [3.63, 3.8) is 0 Å². The van der Waals surface area contributed by atoms with Gasteiger partial charge < -0.3 is 10.1 Å². The van der Waals surface area contributed by atoms with Gasteiger partial charge in [-0.25, -0.2) is 0 Å². The maximum atomic E-state index is 5.70. The molecular weight excluding hydrogens is 330 g/mol. The first kappa shape index (κ1) is 15.9. The maximum absolute atomic E-state index is 5.70. The van der Waals surface area contributed by atoms with Gasteiger partial charge in [-0.3, -0.25) is 9.97 Å². The molecule has 112 valence electrons. The van der Waals surface area contributed by atoms with Crippen LogP contribution in [0.4, 0.5) is 0 Å². The molecule has 21 heavy (non-hydrogen) atoms. The number of ether oxygens (including phenoxy) is 1. The largest absolute Gasteiger partial charge is 0.486 e. The average molecular weight is 350 g/mol. The van der Waals surface area contributed by atoms with Crippen LogP contribution in [0.15, 0.2) is 41.1 Å². The van der Waals surface area contributed by atoms with Crippen LogP contribution < -0.4 is 10.1 Å². The molecule has 2 aromatic heterocycles. The fraction of sp³-hybridized carbons (Fsp3) is 0.375. The Morgan fingerprint density at radius 3 is 2.81 bits per heavy atom. The van der Waals surface area contributed by atoms with Crippen LogP contribution in [-0.2, 0) is 13.2 Å². The summed E-state index contributed by atoms with van der Waals surface area (Å²) in [4.78, 5) is 8.66. The van der Waals surface area contributed by atoms with Crippen LogP contribution in [0.5, 0.6) is 5.75 Å². The van der Waals surface area contributed by atoms with Gasteiger partial charge in [0.1, 0.15) is 12.4 Å². The van der Waals surface area contributed by atoms with Gasteiger partial charge in [0.25, 0.3) is 0 Å². The minimum absolute atomic E-state index is 0.441. The number of hydrogen-bond donors (Lipinski definition) is 1. The van der Waals surface area contributed by atoms with Crippen molar-refractivity contribution in [3.05, 3.63) is 52.5 Å². The quantitative estimate of drug-likeness (QED) is 0.829. The fourth-order valence-corrected chi connectivity index (χ4v) is 2.17. The van der Waals surface area contributed by atoms with E-state index in [4.69, 9.17) is 4.74 Å². The third-order valence-corrected chi connectivity index (χ3v) is 3.22. The van der Waals surface area contributed by atoms with Crippen molar-refractivity contribution in [1.82, 2.24) is 15.3 Å². The van der Waals surface area contributed by atoms with E-state index < -0.39 is 0 Å². The predicted octanol–water partition coefficient (Wildman–Crippen LogP) is 3.56. The second-order valence-corrected chi connectivity index (χ2v) is 6.19. The monoisotopic (exact) mass is 349 g/mol. The van der Waals surface area contributed by atoms with Gasteiger partial charge in [-0.1, -0.05) is 19.9 Å². The molecule has 0 aromatic carbocycles. The normalized spacial score (nSPS) is 10.9. The van der Waals surface area contributed by atoms with Gasteiger partial charge in [0, 0.05) is 17.2 Å². The number of nitrogens with one attached hydrogen (secondary N) is 1. The van der Waals surface area contributed by atoms with Crippen LogP contribution in [0.1, 0.15) is 25.2 Å². The predicted molar refractivity (Wildman–Crippen MR) is 87.1 cm³/mol. The summed E-state index contributed by atoms with van der Waals surface area (Å²) in [6, 6.07) is 7.90. The second-order valence-electron chi connectivity index (χ2n) is 5.27. The van der Waals surface area contributed by atoms with Crippen molar-refractivity contribution < 1.29 is 4.74 Å². The van der Waals surface area contributed by atoms with Crippen LogP contribution >= 0.6 is 15.9 Å². The smallest absolute Gasteiger partial charge is 0.139 e. The zero-order chi connectivity index (χ0) is 15.1. The lowest BCUT2D eigenvalue weighted by Gasteiger charge is -2.09. The highest BCUT2D eigenvalue weighted by Crippen LogP contribution is 2.16. The second kappa shape index (κ2) is 8.10. The van der Waals surface area contributed by atoms with E-state index in [1.165, 1.54) is 0 Å². The zero-order valence-corrected chi connectivity index (χ0v) is 13.9. The summed E-state index contributed by atoms with van der Waals surface area (Å²) in [6.07, 6.45) is 3.42. The third kappa shape index (κ3) is 5.81. The Bertz CT molecular complexity index is 575. The van der Waals surface area contributed by atoms with Crippen molar-refractivity contribution in [2.24, 2.45) is 5.92 Å². The Labute approximate surface area is 134 Å². The molecular formula is C16H20BrN3O. The molecule has 0 saturated carbocycles. The molecule has 0 fully saturated rings. The van der Waals surface area contributed by atoms with E-state index in [0.29, 0.717) is 12.5 Å². The Hall–Kier alpha value is -1.46. The first-order chi connectivity index (χ1) is 10.1. The van der Waals surface area contributed by atoms with E-state index >= 15 is 0 Å². The van der Waals surface area contributed by atoms with E-state index in [1.807, 2.05) is 24.3 Å². The highest BCUT2D eigenvalue weighted by molar-refractivity contribution is 9.10. The number of pyridine rings is 2. The topological polar surface area (TPSA) is 47.0 Å². The summed E-state index contributed by atoms with van der Waals surface area (Å²) < 4.78 is 6.60. The van der Waals surface area contributed by atoms with Gasteiger partial charge in [-0.05, 0) is 46.6 Å². The molecule has 0 atom stereocenters. The van der Waals surface area contributed by atoms with Crippen LogP contribution in [-0.4, -0.2) is 16.5 Å². The molecule has 0 radical (unpaired) electrons. The van der Waals surface area contributed by atoms with Gasteiger partial charge >= 0.3 is 0 Å². The van der Waals surface area contributed by atoms with Crippen molar-refractivity contribution in [2.45, 2.75) is 27.0 Å². The van der Waals surface area contributed by atoms with Crippen molar-refractivity contribution >= 4 is 15.9 Å². The Morgan fingerprint density at radius 2 is 2.05 bits per heavy atom. The molecule has 1 N–H and O–H groups in total. The molecule has 0 unspecified atom stereocenters. The summed E-state index contributed by atoms with van der Waals surface area (Å²) >= 11 is 3.37. The molecule has 2 rings (SSSR count). The first-order valence-electron chi connectivity index (χ1n) is 7.02. The van der Waals surface area contributed by atoms with Crippen LogP contribution in [0.25, 0.3) is 0 Å². The summed E-state index contributed by atoms with van der Waals surface area (Å²) in [5, 5.41) is 3.39. The molecule has 4 nitrogen and oxygen atoms in total. The molecule has 0 aliphatic carbocycles. The van der Waals surface area contributed by atoms with Crippen LogP contribution in [0, 0.1) is 5.92 Å². The number of rotatable bonds is 7. The highest BCUT2D eigenvalue weighted by atomic mass is 79.9. The third-order valence-electron chi connectivity index (χ3n) is 2.79. The van der Waals surface area contributed by atoms with Crippen molar-refractivity contribution in [2.75, 3.05) is 6.54 Å². The maximum Gasteiger partial charge on any atom is 0.139 e. The van der Waals surface area contributed by atoms with E-state index in [1.54, 1.807) is 12.4 Å². The first-order valence-corrected chi connectivity index (χ1v) is 7.81. The average Bonchev–Trinajstić information content (AvgIpc) is 2.45. The fourth-order valence-electron chi connectivity index (χ4n) is 1.83. The lowest BCUT2D eigenvalue weighted by atomic mass is 10.2. The molecule has 2 aromatic rings. The Morgan fingerprint density at radius 1 is 1.24 bits per heavy atom. The highest BCUT2D eigenvalue weighted by Gasteiger charge is 2.01. The Balaban J connectivity index is 1.88. The molecule has 0 saturated heterocycles. The minimum atomic E-state index is 0.441. The van der Waals surface area contributed by atoms with Gasteiger partial charge in [0.05, 0.1) is 17.6 Å². The zero-order valence-electron chi connectivity index (χ0n) is 12.3. The van der Waals surface area contributed by atoms with Crippen molar-refractivity contribution in [3.8, 4) is 5.75 Å². The molecule has 0 aliphatic heterocycles. The molecule has 5 heteroatoms. The lowest BCUT2D eigenvalue weighted by Crippen LogP contribution is -2.19. The Kier molecular flexibility index (Phi) is 6.14. The summed E-state index contributed by atoms with van der Waals surface area (Å²) in [5.74, 6) is 1.37. The van der Waals surface area contributed by atoms with E-state index in [9.17, 15) is 0 Å².